The van der Waals surface area contributed by atoms with Crippen molar-refractivity contribution in [2.24, 2.45) is 0 Å². The summed E-state index contributed by atoms with van der Waals surface area (Å²) in [6.45, 7) is 0.985. The number of nitrogens with one attached hydrogen (secondary N) is 1. The second-order valence-electron chi connectivity index (χ2n) is 5.47. The van der Waals surface area contributed by atoms with Crippen LogP contribution in [0, 0.1) is 0 Å². The van der Waals surface area contributed by atoms with Crippen LogP contribution in [0.2, 0.25) is 0 Å². The van der Waals surface area contributed by atoms with Gasteiger partial charge >= 0.3 is 0 Å². The minimum Gasteiger partial charge on any atom is -0.310 e. The Bertz CT molecular complexity index is 558. The van der Waals surface area contributed by atoms with Gasteiger partial charge in [0.25, 0.3) is 0 Å². The minimum atomic E-state index is 0.719. The summed E-state index contributed by atoms with van der Waals surface area (Å²) in [5, 5.41) is 6.41. The molecular weight excluding hydrogens is 298 g/mol. The molecule has 0 radical (unpaired) electrons. The SMILES string of the molecule is Brc1ccc(CNC2CCCCC2)c2ccccc12. The zero-order valence-electron chi connectivity index (χ0n) is 11.2. The topological polar surface area (TPSA) is 12.0 Å². The van der Waals surface area contributed by atoms with Crippen LogP contribution in [0.3, 0.4) is 0 Å². The van der Waals surface area contributed by atoms with E-state index in [0.29, 0.717) is 0 Å². The predicted molar refractivity (Wildman–Crippen MR) is 85.4 cm³/mol. The van der Waals surface area contributed by atoms with E-state index >= 15 is 0 Å². The molecule has 0 spiro atoms. The van der Waals surface area contributed by atoms with Gasteiger partial charge in [-0.05, 0) is 35.2 Å². The summed E-state index contributed by atoms with van der Waals surface area (Å²) in [6.07, 6.45) is 6.87. The molecule has 0 atom stereocenters. The Balaban J connectivity index is 1.79. The van der Waals surface area contributed by atoms with Gasteiger partial charge in [0.2, 0.25) is 0 Å². The van der Waals surface area contributed by atoms with Crippen LogP contribution in [-0.4, -0.2) is 6.04 Å². The molecule has 0 amide bonds. The summed E-state index contributed by atoms with van der Waals surface area (Å²) >= 11 is 3.64. The maximum absolute atomic E-state index is 3.73. The van der Waals surface area contributed by atoms with Crippen molar-refractivity contribution in [3.8, 4) is 0 Å². The van der Waals surface area contributed by atoms with E-state index < -0.39 is 0 Å². The number of hydrogen-bond donors (Lipinski definition) is 1. The third-order valence-electron chi connectivity index (χ3n) is 4.15. The highest BCUT2D eigenvalue weighted by Gasteiger charge is 2.13. The van der Waals surface area contributed by atoms with Crippen molar-refractivity contribution < 1.29 is 0 Å². The summed E-state index contributed by atoms with van der Waals surface area (Å²) in [5.41, 5.74) is 1.41. The number of benzene rings is 2. The van der Waals surface area contributed by atoms with Crippen molar-refractivity contribution in [1.29, 1.82) is 0 Å². The van der Waals surface area contributed by atoms with Gasteiger partial charge in [0.05, 0.1) is 0 Å². The monoisotopic (exact) mass is 317 g/mol. The molecule has 0 aliphatic heterocycles. The first-order valence-electron chi connectivity index (χ1n) is 7.24. The van der Waals surface area contributed by atoms with Crippen LogP contribution in [0.5, 0.6) is 0 Å². The van der Waals surface area contributed by atoms with Crippen molar-refractivity contribution in [1.82, 2.24) is 5.32 Å². The first kappa shape index (κ1) is 13.1. The van der Waals surface area contributed by atoms with Gasteiger partial charge in [-0.2, -0.15) is 0 Å². The zero-order chi connectivity index (χ0) is 13.1. The molecule has 0 bridgehead atoms. The Kier molecular flexibility index (Phi) is 4.19. The Hall–Kier alpha value is -0.860. The van der Waals surface area contributed by atoms with Crippen LogP contribution < -0.4 is 5.32 Å². The third-order valence-corrected chi connectivity index (χ3v) is 4.84. The van der Waals surface area contributed by atoms with Gasteiger partial charge < -0.3 is 5.32 Å². The molecule has 19 heavy (non-hydrogen) atoms. The maximum Gasteiger partial charge on any atom is 0.0253 e. The van der Waals surface area contributed by atoms with Gasteiger partial charge in [-0.3, -0.25) is 0 Å². The third kappa shape index (κ3) is 3.01. The standard InChI is InChI=1S/C17H20BrN/c18-17-11-10-13(15-8-4-5-9-16(15)17)12-19-14-6-2-1-3-7-14/h4-5,8-11,14,19H,1-3,6-7,12H2. The fourth-order valence-corrected chi connectivity index (χ4v) is 3.52. The largest absolute Gasteiger partial charge is 0.310 e. The Labute approximate surface area is 123 Å². The van der Waals surface area contributed by atoms with E-state index in [1.807, 2.05) is 0 Å². The van der Waals surface area contributed by atoms with E-state index in [1.54, 1.807) is 0 Å². The Morgan fingerprint density at radius 2 is 1.68 bits per heavy atom. The Morgan fingerprint density at radius 1 is 0.947 bits per heavy atom. The lowest BCUT2D eigenvalue weighted by atomic mass is 9.95. The molecule has 100 valence electrons. The molecule has 3 rings (SSSR count). The minimum absolute atomic E-state index is 0.719. The average Bonchev–Trinajstić information content (AvgIpc) is 2.48. The molecule has 0 saturated heterocycles. The smallest absolute Gasteiger partial charge is 0.0253 e. The van der Waals surface area contributed by atoms with Gasteiger partial charge in [0.1, 0.15) is 0 Å². The van der Waals surface area contributed by atoms with Crippen LogP contribution in [0.25, 0.3) is 10.8 Å². The lowest BCUT2D eigenvalue weighted by Gasteiger charge is -2.23. The molecule has 0 heterocycles. The molecular formula is C17H20BrN. The van der Waals surface area contributed by atoms with Crippen LogP contribution in [0.15, 0.2) is 40.9 Å². The molecule has 2 aromatic carbocycles. The van der Waals surface area contributed by atoms with E-state index in [-0.39, 0.29) is 0 Å². The van der Waals surface area contributed by atoms with E-state index in [1.165, 1.54) is 52.9 Å². The Morgan fingerprint density at radius 3 is 2.47 bits per heavy atom. The molecule has 1 aliphatic carbocycles. The van der Waals surface area contributed by atoms with E-state index in [9.17, 15) is 0 Å². The fourth-order valence-electron chi connectivity index (χ4n) is 3.04. The highest BCUT2D eigenvalue weighted by molar-refractivity contribution is 9.10. The van der Waals surface area contributed by atoms with Crippen molar-refractivity contribution >= 4 is 26.7 Å². The summed E-state index contributed by atoms with van der Waals surface area (Å²) in [6, 6.07) is 13.8. The number of rotatable bonds is 3. The molecule has 2 aromatic rings. The summed E-state index contributed by atoms with van der Waals surface area (Å²) in [7, 11) is 0. The number of fused-ring (bicyclic) bond motifs is 1. The number of hydrogen-bond acceptors (Lipinski definition) is 1. The molecule has 2 heteroatoms. The molecule has 1 saturated carbocycles. The molecule has 0 unspecified atom stereocenters. The van der Waals surface area contributed by atoms with Crippen LogP contribution >= 0.6 is 15.9 Å². The maximum atomic E-state index is 3.73. The zero-order valence-corrected chi connectivity index (χ0v) is 12.7. The summed E-state index contributed by atoms with van der Waals surface area (Å²) in [4.78, 5) is 0. The van der Waals surface area contributed by atoms with Crippen molar-refractivity contribution in [3.05, 3.63) is 46.4 Å². The second kappa shape index (κ2) is 6.06. The molecule has 1 N–H and O–H groups in total. The molecule has 0 aromatic heterocycles. The first-order valence-corrected chi connectivity index (χ1v) is 8.03. The number of halogens is 1. The fraction of sp³-hybridized carbons (Fsp3) is 0.412. The van der Waals surface area contributed by atoms with E-state index in [2.05, 4.69) is 57.6 Å². The van der Waals surface area contributed by atoms with Crippen LogP contribution in [0.1, 0.15) is 37.7 Å². The quantitative estimate of drug-likeness (QED) is 0.837. The highest BCUT2D eigenvalue weighted by atomic mass is 79.9. The first-order chi connectivity index (χ1) is 9.34. The van der Waals surface area contributed by atoms with Gasteiger partial charge in [-0.25, -0.2) is 0 Å². The van der Waals surface area contributed by atoms with Gasteiger partial charge in [-0.15, -0.1) is 0 Å². The molecule has 1 nitrogen and oxygen atoms in total. The second-order valence-corrected chi connectivity index (χ2v) is 6.32. The molecule has 1 fully saturated rings. The average molecular weight is 318 g/mol. The van der Waals surface area contributed by atoms with Gasteiger partial charge in [-0.1, -0.05) is 65.5 Å². The van der Waals surface area contributed by atoms with E-state index in [0.717, 1.165) is 12.6 Å². The summed E-state index contributed by atoms with van der Waals surface area (Å²) < 4.78 is 1.18. The molecule has 1 aliphatic rings. The highest BCUT2D eigenvalue weighted by Crippen LogP contribution is 2.27. The van der Waals surface area contributed by atoms with Crippen molar-refractivity contribution in [3.63, 3.8) is 0 Å². The van der Waals surface area contributed by atoms with Gasteiger partial charge in [0, 0.05) is 17.1 Å². The van der Waals surface area contributed by atoms with E-state index in [4.69, 9.17) is 0 Å². The van der Waals surface area contributed by atoms with Crippen molar-refractivity contribution in [2.75, 3.05) is 0 Å². The lowest BCUT2D eigenvalue weighted by molar-refractivity contribution is 0.373. The van der Waals surface area contributed by atoms with Gasteiger partial charge in [0.15, 0.2) is 0 Å². The predicted octanol–water partition coefficient (Wildman–Crippen LogP) is 5.02. The van der Waals surface area contributed by atoms with Crippen LogP contribution in [-0.2, 0) is 6.54 Å². The summed E-state index contributed by atoms with van der Waals surface area (Å²) in [5.74, 6) is 0. The lowest BCUT2D eigenvalue weighted by Crippen LogP contribution is -2.30. The normalized spacial score (nSPS) is 16.9. The van der Waals surface area contributed by atoms with Crippen LogP contribution in [0.4, 0.5) is 0 Å². The van der Waals surface area contributed by atoms with Crippen molar-refractivity contribution in [2.45, 2.75) is 44.7 Å².